The fourth-order valence-corrected chi connectivity index (χ4v) is 2.98. The number of aryl methyl sites for hydroxylation is 1. The Balaban J connectivity index is 2.04. The van der Waals surface area contributed by atoms with E-state index in [1.807, 2.05) is 6.92 Å². The quantitative estimate of drug-likeness (QED) is 0.871. The van der Waals surface area contributed by atoms with Crippen LogP contribution in [0, 0.1) is 0 Å². The van der Waals surface area contributed by atoms with Gasteiger partial charge >= 0.3 is 0 Å². The maximum absolute atomic E-state index is 12.3. The fourth-order valence-electron chi connectivity index (χ4n) is 2.51. The van der Waals surface area contributed by atoms with Crippen molar-refractivity contribution >= 4 is 21.8 Å². The average Bonchev–Trinajstić information content (AvgIpc) is 2.57. The maximum atomic E-state index is 12.3. The van der Waals surface area contributed by atoms with Gasteiger partial charge in [-0.05, 0) is 35.7 Å². The number of aromatic nitrogens is 2. The van der Waals surface area contributed by atoms with Crippen molar-refractivity contribution in [2.75, 3.05) is 0 Å². The summed E-state index contributed by atoms with van der Waals surface area (Å²) >= 11 is 3.39. The molecule has 1 aliphatic rings. The molecule has 0 unspecified atom stereocenters. The van der Waals surface area contributed by atoms with Gasteiger partial charge in [-0.1, -0.05) is 25.7 Å². The number of nitrogens with one attached hydrogen (secondary N) is 1. The van der Waals surface area contributed by atoms with Crippen LogP contribution in [-0.2, 0) is 6.54 Å². The van der Waals surface area contributed by atoms with Crippen LogP contribution in [0.2, 0.25) is 0 Å². The Morgan fingerprint density at radius 2 is 2.11 bits per heavy atom. The minimum atomic E-state index is -0.00637. The first-order valence-corrected chi connectivity index (χ1v) is 7.54. The molecule has 0 saturated heterocycles. The van der Waals surface area contributed by atoms with Crippen LogP contribution in [0.3, 0.4) is 0 Å². The molecule has 2 rings (SSSR count). The molecule has 100 valence electrons. The summed E-state index contributed by atoms with van der Waals surface area (Å²) in [4.78, 5) is 12.3. The molecular formula is C13H20BrN3O. The SMILES string of the molecule is CCn1ncc(Br)c1C(=O)NC1CCCCCC1. The van der Waals surface area contributed by atoms with Gasteiger partial charge in [-0.2, -0.15) is 5.10 Å². The highest BCUT2D eigenvalue weighted by Crippen LogP contribution is 2.20. The summed E-state index contributed by atoms with van der Waals surface area (Å²) < 4.78 is 2.51. The van der Waals surface area contributed by atoms with Gasteiger partial charge in [-0.25, -0.2) is 0 Å². The Morgan fingerprint density at radius 1 is 1.44 bits per heavy atom. The lowest BCUT2D eigenvalue weighted by Gasteiger charge is -2.16. The normalized spacial score (nSPS) is 17.4. The van der Waals surface area contributed by atoms with E-state index in [0.717, 1.165) is 17.3 Å². The molecule has 0 aliphatic heterocycles. The third-order valence-corrected chi connectivity index (χ3v) is 4.08. The predicted octanol–water partition coefficient (Wildman–Crippen LogP) is 3.12. The number of halogens is 1. The van der Waals surface area contributed by atoms with Gasteiger partial charge < -0.3 is 5.32 Å². The first-order chi connectivity index (χ1) is 8.72. The highest BCUT2D eigenvalue weighted by molar-refractivity contribution is 9.10. The summed E-state index contributed by atoms with van der Waals surface area (Å²) in [7, 11) is 0. The second kappa shape index (κ2) is 6.36. The first-order valence-electron chi connectivity index (χ1n) is 6.74. The van der Waals surface area contributed by atoms with E-state index in [-0.39, 0.29) is 5.91 Å². The molecule has 1 aromatic rings. The highest BCUT2D eigenvalue weighted by Gasteiger charge is 2.20. The molecule has 0 aromatic carbocycles. The molecule has 18 heavy (non-hydrogen) atoms. The Labute approximate surface area is 116 Å². The van der Waals surface area contributed by atoms with Gasteiger partial charge in [-0.15, -0.1) is 0 Å². The number of hydrogen-bond acceptors (Lipinski definition) is 2. The second-order valence-corrected chi connectivity index (χ2v) is 5.67. The lowest BCUT2D eigenvalue weighted by molar-refractivity contribution is 0.0921. The van der Waals surface area contributed by atoms with Crippen molar-refractivity contribution < 1.29 is 4.79 Å². The topological polar surface area (TPSA) is 46.9 Å². The molecule has 1 N–H and O–H groups in total. The van der Waals surface area contributed by atoms with Crippen molar-refractivity contribution in [3.05, 3.63) is 16.4 Å². The number of amides is 1. The minimum Gasteiger partial charge on any atom is -0.348 e. The summed E-state index contributed by atoms with van der Waals surface area (Å²) in [6.07, 6.45) is 8.92. The van der Waals surface area contributed by atoms with Crippen molar-refractivity contribution in [1.82, 2.24) is 15.1 Å². The highest BCUT2D eigenvalue weighted by atomic mass is 79.9. The monoisotopic (exact) mass is 313 g/mol. The van der Waals surface area contributed by atoms with E-state index in [9.17, 15) is 4.79 Å². The molecule has 0 spiro atoms. The van der Waals surface area contributed by atoms with E-state index in [4.69, 9.17) is 0 Å². The average molecular weight is 314 g/mol. The van der Waals surface area contributed by atoms with Gasteiger partial charge in [0.1, 0.15) is 5.69 Å². The molecule has 0 bridgehead atoms. The zero-order valence-corrected chi connectivity index (χ0v) is 12.4. The molecule has 0 atom stereocenters. The third-order valence-electron chi connectivity index (χ3n) is 3.50. The molecule has 1 heterocycles. The van der Waals surface area contributed by atoms with E-state index in [2.05, 4.69) is 26.3 Å². The van der Waals surface area contributed by atoms with Crippen LogP contribution in [0.4, 0.5) is 0 Å². The van der Waals surface area contributed by atoms with Crippen LogP contribution in [0.15, 0.2) is 10.7 Å². The molecular weight excluding hydrogens is 294 g/mol. The van der Waals surface area contributed by atoms with Crippen molar-refractivity contribution in [3.63, 3.8) is 0 Å². The van der Waals surface area contributed by atoms with Crippen LogP contribution in [0.5, 0.6) is 0 Å². The molecule has 1 saturated carbocycles. The fraction of sp³-hybridized carbons (Fsp3) is 0.692. The summed E-state index contributed by atoms with van der Waals surface area (Å²) in [6, 6.07) is 0.326. The van der Waals surface area contributed by atoms with E-state index >= 15 is 0 Å². The van der Waals surface area contributed by atoms with Gasteiger partial charge in [-0.3, -0.25) is 9.48 Å². The number of carbonyl (C=O) groups excluding carboxylic acids is 1. The van der Waals surface area contributed by atoms with Gasteiger partial charge in [0.15, 0.2) is 0 Å². The number of nitrogens with zero attached hydrogens (tertiary/aromatic N) is 2. The predicted molar refractivity (Wildman–Crippen MR) is 74.6 cm³/mol. The second-order valence-electron chi connectivity index (χ2n) is 4.82. The van der Waals surface area contributed by atoms with E-state index in [0.29, 0.717) is 18.3 Å². The van der Waals surface area contributed by atoms with E-state index in [1.165, 1.54) is 25.7 Å². The van der Waals surface area contributed by atoms with Gasteiger partial charge in [0.25, 0.3) is 5.91 Å². The molecule has 1 aromatic heterocycles. The van der Waals surface area contributed by atoms with Crippen LogP contribution in [-0.4, -0.2) is 21.7 Å². The zero-order valence-electron chi connectivity index (χ0n) is 10.8. The third kappa shape index (κ3) is 3.13. The van der Waals surface area contributed by atoms with Crippen LogP contribution in [0.1, 0.15) is 55.9 Å². The van der Waals surface area contributed by atoms with E-state index < -0.39 is 0 Å². The molecule has 1 fully saturated rings. The summed E-state index contributed by atoms with van der Waals surface area (Å²) in [5.41, 5.74) is 0.641. The van der Waals surface area contributed by atoms with Gasteiger partial charge in [0.05, 0.1) is 10.7 Å². The Bertz CT molecular complexity index is 408. The molecule has 1 aliphatic carbocycles. The maximum Gasteiger partial charge on any atom is 0.270 e. The lowest BCUT2D eigenvalue weighted by atomic mass is 10.1. The Kier molecular flexibility index (Phi) is 4.80. The van der Waals surface area contributed by atoms with Crippen LogP contribution < -0.4 is 5.32 Å². The minimum absolute atomic E-state index is 0.00637. The molecule has 5 heteroatoms. The largest absolute Gasteiger partial charge is 0.348 e. The first kappa shape index (κ1) is 13.6. The summed E-state index contributed by atoms with van der Waals surface area (Å²) in [6.45, 7) is 2.70. The van der Waals surface area contributed by atoms with Crippen molar-refractivity contribution in [2.45, 2.75) is 58.0 Å². The zero-order chi connectivity index (χ0) is 13.0. The van der Waals surface area contributed by atoms with Crippen molar-refractivity contribution in [3.8, 4) is 0 Å². The van der Waals surface area contributed by atoms with Gasteiger partial charge in [0, 0.05) is 12.6 Å². The van der Waals surface area contributed by atoms with Crippen LogP contribution in [0.25, 0.3) is 0 Å². The van der Waals surface area contributed by atoms with Crippen molar-refractivity contribution in [2.24, 2.45) is 0 Å². The van der Waals surface area contributed by atoms with E-state index in [1.54, 1.807) is 10.9 Å². The molecule has 4 nitrogen and oxygen atoms in total. The van der Waals surface area contributed by atoms with Crippen LogP contribution >= 0.6 is 15.9 Å². The number of hydrogen-bond donors (Lipinski definition) is 1. The molecule has 0 radical (unpaired) electrons. The lowest BCUT2D eigenvalue weighted by Crippen LogP contribution is -2.35. The Hall–Kier alpha value is -0.840. The Morgan fingerprint density at radius 3 is 2.72 bits per heavy atom. The van der Waals surface area contributed by atoms with Gasteiger partial charge in [0.2, 0.25) is 0 Å². The summed E-state index contributed by atoms with van der Waals surface area (Å²) in [5.74, 6) is -0.00637. The summed E-state index contributed by atoms with van der Waals surface area (Å²) in [5, 5.41) is 7.32. The number of carbonyl (C=O) groups is 1. The standard InChI is InChI=1S/C13H20BrN3O/c1-2-17-12(11(14)9-15-17)13(18)16-10-7-5-3-4-6-8-10/h9-10H,2-8H2,1H3,(H,16,18). The molecule has 1 amide bonds. The van der Waals surface area contributed by atoms with Crippen molar-refractivity contribution in [1.29, 1.82) is 0 Å². The smallest absolute Gasteiger partial charge is 0.270 e. The number of rotatable bonds is 3.